The Morgan fingerprint density at radius 2 is 1.52 bits per heavy atom. The minimum Gasteiger partial charge on any atom is -0.379 e. The topological polar surface area (TPSA) is 12.0 Å². The molecule has 0 amide bonds. The smallest absolute Gasteiger partial charge is 0.0775 e. The Balaban J connectivity index is 2.10. The highest BCUT2D eigenvalue weighted by Gasteiger charge is 2.15. The molecule has 0 aromatic heterocycles. The van der Waals surface area contributed by atoms with Crippen molar-refractivity contribution in [3.8, 4) is 0 Å². The van der Waals surface area contributed by atoms with Crippen molar-refractivity contribution in [2.24, 2.45) is 0 Å². The van der Waals surface area contributed by atoms with Gasteiger partial charge in [0.25, 0.3) is 0 Å². The minimum atomic E-state index is -1.24. The predicted octanol–water partition coefficient (Wildman–Crippen LogP) is 5.91. The van der Waals surface area contributed by atoms with Crippen molar-refractivity contribution in [1.82, 2.24) is 0 Å². The quantitative estimate of drug-likeness (QED) is 0.626. The average molecular weight is 403 g/mol. The van der Waals surface area contributed by atoms with Crippen molar-refractivity contribution in [3.63, 3.8) is 0 Å². The summed E-state index contributed by atoms with van der Waals surface area (Å²) in [7, 11) is -1.24. The molecule has 112 valence electrons. The summed E-state index contributed by atoms with van der Waals surface area (Å²) < 4.78 is 0.877. The van der Waals surface area contributed by atoms with Gasteiger partial charge in [0.2, 0.25) is 0 Å². The van der Waals surface area contributed by atoms with Crippen LogP contribution in [0.2, 0.25) is 29.7 Å². The van der Waals surface area contributed by atoms with E-state index in [0.717, 1.165) is 10.2 Å². The third-order valence-corrected chi connectivity index (χ3v) is 6.42. The molecule has 0 aliphatic rings. The molecule has 5 heteroatoms. The fourth-order valence-corrected chi connectivity index (χ4v) is 4.53. The van der Waals surface area contributed by atoms with Gasteiger partial charge in [-0.1, -0.05) is 88.2 Å². The van der Waals surface area contributed by atoms with Gasteiger partial charge in [-0.25, -0.2) is 0 Å². The normalized spacial score (nSPS) is 11.5. The number of benzene rings is 2. The molecule has 0 atom stereocenters. The molecule has 0 aliphatic heterocycles. The van der Waals surface area contributed by atoms with E-state index in [1.165, 1.54) is 10.8 Å². The molecule has 2 rings (SSSR count). The largest absolute Gasteiger partial charge is 0.379 e. The lowest BCUT2D eigenvalue weighted by molar-refractivity contribution is 1.15. The zero-order valence-corrected chi connectivity index (χ0v) is 16.4. The summed E-state index contributed by atoms with van der Waals surface area (Å²) in [5.41, 5.74) is 1.99. The Bertz CT molecular complexity index is 613. The summed E-state index contributed by atoms with van der Waals surface area (Å²) in [5, 5.41) is 6.01. The van der Waals surface area contributed by atoms with E-state index in [4.69, 9.17) is 23.2 Å². The number of hydrogen-bond donors (Lipinski definition) is 1. The van der Waals surface area contributed by atoms with Gasteiger partial charge >= 0.3 is 0 Å². The molecular formula is C16H18BrCl2NSi. The fourth-order valence-electron chi connectivity index (χ4n) is 2.02. The van der Waals surface area contributed by atoms with E-state index >= 15 is 0 Å². The molecule has 0 heterocycles. The molecule has 2 aromatic carbocycles. The van der Waals surface area contributed by atoms with E-state index in [-0.39, 0.29) is 0 Å². The first kappa shape index (κ1) is 16.9. The Hall–Kier alpha value is -0.483. The second-order valence-corrected chi connectivity index (χ2v) is 12.9. The minimum absolute atomic E-state index is 0.619. The number of halogens is 3. The zero-order valence-electron chi connectivity index (χ0n) is 12.3. The molecule has 21 heavy (non-hydrogen) atoms. The summed E-state index contributed by atoms with van der Waals surface area (Å²) in [4.78, 5) is 0. The van der Waals surface area contributed by atoms with Crippen molar-refractivity contribution in [3.05, 3.63) is 56.5 Å². The van der Waals surface area contributed by atoms with Crippen LogP contribution in [0.5, 0.6) is 0 Å². The van der Waals surface area contributed by atoms with Gasteiger partial charge in [0.1, 0.15) is 0 Å². The number of hydrogen-bond acceptors (Lipinski definition) is 1. The van der Waals surface area contributed by atoms with Crippen LogP contribution in [0.4, 0.5) is 5.69 Å². The van der Waals surface area contributed by atoms with Gasteiger partial charge in [-0.15, -0.1) is 0 Å². The molecule has 0 radical (unpaired) electrons. The van der Waals surface area contributed by atoms with Crippen LogP contribution in [0, 0.1) is 0 Å². The van der Waals surface area contributed by atoms with Crippen molar-refractivity contribution in [2.45, 2.75) is 26.2 Å². The second-order valence-electron chi connectivity index (χ2n) is 6.04. The second kappa shape index (κ2) is 6.74. The van der Waals surface area contributed by atoms with Crippen LogP contribution < -0.4 is 10.5 Å². The van der Waals surface area contributed by atoms with E-state index in [1.807, 2.05) is 12.1 Å². The highest BCUT2D eigenvalue weighted by Crippen LogP contribution is 2.34. The highest BCUT2D eigenvalue weighted by atomic mass is 79.9. The fraction of sp³-hybridized carbons (Fsp3) is 0.250. The zero-order chi connectivity index (χ0) is 15.6. The highest BCUT2D eigenvalue weighted by molar-refractivity contribution is 9.10. The van der Waals surface area contributed by atoms with Gasteiger partial charge < -0.3 is 5.32 Å². The first-order valence-corrected chi connectivity index (χ1v) is 11.8. The van der Waals surface area contributed by atoms with Gasteiger partial charge in [0.15, 0.2) is 0 Å². The van der Waals surface area contributed by atoms with Crippen LogP contribution >= 0.6 is 39.1 Å². The lowest BCUT2D eigenvalue weighted by Crippen LogP contribution is -2.37. The molecule has 1 N–H and O–H groups in total. The number of rotatable bonds is 4. The first-order chi connectivity index (χ1) is 9.77. The third kappa shape index (κ3) is 4.49. The Labute approximate surface area is 145 Å². The standard InChI is InChI=1S/C16H18BrCl2NSi/c1-21(2,3)13-6-4-11(5-7-13)10-20-16-14(18)8-12(17)9-15(16)19/h4-9,20H,10H2,1-3H3. The van der Waals surface area contributed by atoms with E-state index in [2.05, 4.69) is 65.2 Å². The molecule has 0 saturated carbocycles. The maximum Gasteiger partial charge on any atom is 0.0775 e. The lowest BCUT2D eigenvalue weighted by Gasteiger charge is -2.17. The van der Waals surface area contributed by atoms with Crippen molar-refractivity contribution in [2.75, 3.05) is 5.32 Å². The molecule has 0 fully saturated rings. The molecule has 0 bridgehead atoms. The van der Waals surface area contributed by atoms with E-state index in [1.54, 1.807) is 0 Å². The van der Waals surface area contributed by atoms with Crippen LogP contribution in [0.25, 0.3) is 0 Å². The summed E-state index contributed by atoms with van der Waals surface area (Å²) in [6.07, 6.45) is 0. The van der Waals surface area contributed by atoms with E-state index in [0.29, 0.717) is 16.6 Å². The van der Waals surface area contributed by atoms with Crippen molar-refractivity contribution < 1.29 is 0 Å². The summed E-state index contributed by atoms with van der Waals surface area (Å²) in [5.74, 6) is 0. The number of anilines is 1. The van der Waals surface area contributed by atoms with E-state index in [9.17, 15) is 0 Å². The predicted molar refractivity (Wildman–Crippen MR) is 101 cm³/mol. The molecule has 1 nitrogen and oxygen atoms in total. The van der Waals surface area contributed by atoms with Gasteiger partial charge in [0, 0.05) is 11.0 Å². The molecular weight excluding hydrogens is 385 g/mol. The van der Waals surface area contributed by atoms with Crippen LogP contribution in [0.3, 0.4) is 0 Å². The monoisotopic (exact) mass is 401 g/mol. The van der Waals surface area contributed by atoms with Crippen molar-refractivity contribution >= 4 is 58.1 Å². The SMILES string of the molecule is C[Si](C)(C)c1ccc(CNc2c(Cl)cc(Br)cc2Cl)cc1. The van der Waals surface area contributed by atoms with Gasteiger partial charge in [0.05, 0.1) is 23.8 Å². The molecule has 0 unspecified atom stereocenters. The average Bonchev–Trinajstić information content (AvgIpc) is 2.37. The third-order valence-electron chi connectivity index (χ3n) is 3.30. The Morgan fingerprint density at radius 1 is 1.00 bits per heavy atom. The van der Waals surface area contributed by atoms with Crippen molar-refractivity contribution in [1.29, 1.82) is 0 Å². The maximum atomic E-state index is 6.21. The Morgan fingerprint density at radius 3 is 2.00 bits per heavy atom. The Kier molecular flexibility index (Phi) is 5.42. The molecule has 0 aliphatic carbocycles. The molecule has 0 spiro atoms. The van der Waals surface area contributed by atoms with Gasteiger partial charge in [-0.05, 0) is 17.7 Å². The van der Waals surface area contributed by atoms with Crippen LogP contribution in [0.15, 0.2) is 40.9 Å². The van der Waals surface area contributed by atoms with Gasteiger partial charge in [-0.2, -0.15) is 0 Å². The summed E-state index contributed by atoms with van der Waals surface area (Å²) >= 11 is 15.8. The maximum absolute atomic E-state index is 6.21. The van der Waals surface area contributed by atoms with Crippen LogP contribution in [-0.4, -0.2) is 8.07 Å². The summed E-state index contributed by atoms with van der Waals surface area (Å²) in [6.45, 7) is 7.75. The summed E-state index contributed by atoms with van der Waals surface area (Å²) in [6, 6.07) is 12.5. The number of nitrogens with one attached hydrogen (secondary N) is 1. The van der Waals surface area contributed by atoms with Crippen LogP contribution in [-0.2, 0) is 6.54 Å². The molecule has 0 saturated heterocycles. The first-order valence-electron chi connectivity index (χ1n) is 6.75. The molecule has 2 aromatic rings. The van der Waals surface area contributed by atoms with E-state index < -0.39 is 8.07 Å². The van der Waals surface area contributed by atoms with Crippen LogP contribution in [0.1, 0.15) is 5.56 Å². The van der Waals surface area contributed by atoms with Gasteiger partial charge in [-0.3, -0.25) is 0 Å². The lowest BCUT2D eigenvalue weighted by atomic mass is 10.2.